The summed E-state index contributed by atoms with van der Waals surface area (Å²) in [7, 11) is 2.20. The molecule has 1 N–H and O–H groups in total. The number of hydrogen-bond donors (Lipinski definition) is 1. The van der Waals surface area contributed by atoms with Crippen molar-refractivity contribution in [1.82, 2.24) is 14.8 Å². The number of nitrogens with zero attached hydrogens (tertiary/aromatic N) is 2. The summed E-state index contributed by atoms with van der Waals surface area (Å²) in [5.41, 5.74) is 6.95. The smallest absolute Gasteiger partial charge is 0.229 e. The van der Waals surface area contributed by atoms with Crippen LogP contribution in [-0.2, 0) is 16.6 Å². The first-order valence-corrected chi connectivity index (χ1v) is 18.4. The van der Waals surface area contributed by atoms with Crippen LogP contribution in [0.1, 0.15) is 111 Å². The highest BCUT2D eigenvalue weighted by Crippen LogP contribution is 2.75. The summed E-state index contributed by atoms with van der Waals surface area (Å²) in [6.45, 7) is 21.9. The van der Waals surface area contributed by atoms with Crippen LogP contribution in [-0.4, -0.2) is 53.9 Å². The monoisotopic (exact) mass is 609 g/mol. The molecule has 4 fully saturated rings. The van der Waals surface area contributed by atoms with Crippen molar-refractivity contribution in [3.05, 3.63) is 47.2 Å². The molecule has 6 aliphatic rings. The van der Waals surface area contributed by atoms with Crippen molar-refractivity contribution in [2.75, 3.05) is 33.2 Å². The van der Waals surface area contributed by atoms with Gasteiger partial charge in [0.25, 0.3) is 0 Å². The van der Waals surface area contributed by atoms with Crippen molar-refractivity contribution in [3.8, 4) is 0 Å². The van der Waals surface area contributed by atoms with Crippen LogP contribution in [0.4, 0.5) is 0 Å². The zero-order valence-corrected chi connectivity index (χ0v) is 29.6. The number of fused-ring (bicyclic) bond motifs is 10. The number of likely N-dealkylation sites (N-methyl/N-ethyl adjacent to an activating group) is 1. The molecule has 0 unspecified atom stereocenters. The van der Waals surface area contributed by atoms with E-state index in [0.717, 1.165) is 39.0 Å². The van der Waals surface area contributed by atoms with Crippen molar-refractivity contribution >= 4 is 16.8 Å². The van der Waals surface area contributed by atoms with Crippen LogP contribution in [0, 0.1) is 44.8 Å². The number of nitrogens with one attached hydrogen (secondary N) is 1. The fraction of sp³-hybridized carbons (Fsp3) is 0.732. The van der Waals surface area contributed by atoms with Crippen LogP contribution in [0.2, 0.25) is 0 Å². The van der Waals surface area contributed by atoms with E-state index < -0.39 is 0 Å². The molecule has 0 spiro atoms. The van der Waals surface area contributed by atoms with Crippen molar-refractivity contribution in [3.63, 3.8) is 0 Å². The van der Waals surface area contributed by atoms with Crippen LogP contribution in [0.15, 0.2) is 35.9 Å². The van der Waals surface area contributed by atoms with E-state index in [1.807, 2.05) is 0 Å². The highest BCUT2D eigenvalue weighted by molar-refractivity contribution is 5.86. The van der Waals surface area contributed by atoms with E-state index in [0.29, 0.717) is 23.7 Å². The van der Waals surface area contributed by atoms with Gasteiger partial charge in [0, 0.05) is 48.2 Å². The molecular weight excluding hydrogens is 550 g/mol. The predicted octanol–water partition coefficient (Wildman–Crippen LogP) is 8.76. The van der Waals surface area contributed by atoms with Crippen LogP contribution >= 0.6 is 0 Å². The van der Waals surface area contributed by atoms with E-state index in [9.17, 15) is 4.79 Å². The highest BCUT2D eigenvalue weighted by Gasteiger charge is 2.69. The second-order valence-electron chi connectivity index (χ2n) is 18.9. The number of amides is 1. The van der Waals surface area contributed by atoms with E-state index in [-0.39, 0.29) is 32.5 Å². The molecule has 3 saturated carbocycles. The maximum absolute atomic E-state index is 14.8. The molecule has 2 heterocycles. The number of piperazine rings is 1. The van der Waals surface area contributed by atoms with E-state index >= 15 is 0 Å². The van der Waals surface area contributed by atoms with Gasteiger partial charge in [-0.25, -0.2) is 0 Å². The maximum Gasteiger partial charge on any atom is 0.229 e. The van der Waals surface area contributed by atoms with Crippen LogP contribution in [0.5, 0.6) is 0 Å². The normalized spacial score (nSPS) is 42.1. The lowest BCUT2D eigenvalue weighted by Crippen LogP contribution is -2.65. The number of carbonyl (C=O) groups is 1. The van der Waals surface area contributed by atoms with Gasteiger partial charge in [0.2, 0.25) is 5.91 Å². The van der Waals surface area contributed by atoms with E-state index in [2.05, 4.69) is 101 Å². The molecule has 244 valence electrons. The molecule has 5 aliphatic carbocycles. The van der Waals surface area contributed by atoms with Gasteiger partial charge in [-0.05, 0) is 116 Å². The average molecular weight is 610 g/mol. The molecular formula is C41H59N3O. The molecule has 45 heavy (non-hydrogen) atoms. The molecule has 7 atom stereocenters. The van der Waals surface area contributed by atoms with Gasteiger partial charge in [-0.3, -0.25) is 4.79 Å². The molecule has 4 nitrogen and oxygen atoms in total. The Hall–Kier alpha value is -2.07. The van der Waals surface area contributed by atoms with Crippen LogP contribution in [0.25, 0.3) is 10.9 Å². The third-order valence-electron chi connectivity index (χ3n) is 16.0. The van der Waals surface area contributed by atoms with E-state index in [1.54, 1.807) is 11.1 Å². The zero-order chi connectivity index (χ0) is 31.8. The van der Waals surface area contributed by atoms with Crippen LogP contribution in [0.3, 0.4) is 0 Å². The summed E-state index contributed by atoms with van der Waals surface area (Å²) >= 11 is 0. The lowest BCUT2D eigenvalue weighted by Gasteiger charge is -2.71. The Bertz CT molecular complexity index is 1570. The third kappa shape index (κ3) is 3.90. The van der Waals surface area contributed by atoms with Gasteiger partial charge >= 0.3 is 0 Å². The van der Waals surface area contributed by atoms with Gasteiger partial charge in [-0.15, -0.1) is 0 Å². The molecule has 4 heteroatoms. The van der Waals surface area contributed by atoms with Crippen molar-refractivity contribution in [2.45, 2.75) is 112 Å². The predicted molar refractivity (Wildman–Crippen MR) is 185 cm³/mol. The molecule has 1 aliphatic heterocycles. The summed E-state index contributed by atoms with van der Waals surface area (Å²) in [6.07, 6.45) is 13.4. The maximum atomic E-state index is 14.8. The Labute approximate surface area is 272 Å². The lowest BCUT2D eigenvalue weighted by molar-refractivity contribution is -0.173. The fourth-order valence-corrected chi connectivity index (χ4v) is 13.2. The molecule has 8 rings (SSSR count). The van der Waals surface area contributed by atoms with E-state index in [1.165, 1.54) is 61.5 Å². The van der Waals surface area contributed by atoms with E-state index in [4.69, 9.17) is 0 Å². The minimum atomic E-state index is -0.202. The number of rotatable bonds is 1. The summed E-state index contributed by atoms with van der Waals surface area (Å²) in [4.78, 5) is 23.3. The summed E-state index contributed by atoms with van der Waals surface area (Å²) in [6, 6.07) is 9.04. The molecule has 1 aromatic carbocycles. The zero-order valence-electron chi connectivity index (χ0n) is 29.6. The molecule has 0 radical (unpaired) electrons. The van der Waals surface area contributed by atoms with Crippen molar-refractivity contribution in [2.24, 2.45) is 44.8 Å². The van der Waals surface area contributed by atoms with Crippen molar-refractivity contribution < 1.29 is 4.79 Å². The number of carbonyl (C=O) groups excluding carboxylic acids is 1. The third-order valence-corrected chi connectivity index (χ3v) is 16.0. The number of aromatic amines is 1. The van der Waals surface area contributed by atoms with Gasteiger partial charge < -0.3 is 14.8 Å². The largest absolute Gasteiger partial charge is 0.358 e. The van der Waals surface area contributed by atoms with Gasteiger partial charge in [0.15, 0.2) is 0 Å². The van der Waals surface area contributed by atoms with Gasteiger partial charge in [0.1, 0.15) is 0 Å². The summed E-state index contributed by atoms with van der Waals surface area (Å²) < 4.78 is 0. The first-order chi connectivity index (χ1) is 21.2. The summed E-state index contributed by atoms with van der Waals surface area (Å²) in [5.74, 6) is 2.20. The molecule has 1 saturated heterocycles. The average Bonchev–Trinajstić information content (AvgIpc) is 3.36. The molecule has 2 aromatic rings. The highest BCUT2D eigenvalue weighted by atomic mass is 16.2. The standard InChI is InChI=1S/C41H59N3O/c1-36(2)17-19-41(35(45)44-23-21-43(8)22-24-44)20-18-39(6)29(30(41)26-36)13-14-33-38(5)25-28-27-11-9-10-12-31(27)42-34(28)37(3,4)32(38)15-16-40(33,39)7/h9-13,30,32-33,42H,14-26H2,1-8H3/t30-,32+,33-,38+,39-,40-,41+/m1/s1. The number of H-pyrrole nitrogens is 1. The number of hydrogen-bond acceptors (Lipinski definition) is 2. The van der Waals surface area contributed by atoms with Gasteiger partial charge in [0.05, 0.1) is 5.41 Å². The number of allylic oxidation sites excluding steroid dienone is 2. The SMILES string of the molecule is CN1CCN(C(=O)[C@]23CCC(C)(C)C[C@@H]2C2=CC[C@@H]4[C@@]5(C)Cc6c([nH]c7ccccc67)C(C)(C)[C@@H]5CC[C@@]4(C)[C@]2(C)CC3)CC1. The molecule has 1 aromatic heterocycles. The first kappa shape index (κ1) is 30.3. The fourth-order valence-electron chi connectivity index (χ4n) is 13.2. The second kappa shape index (κ2) is 9.51. The number of para-hydroxylation sites is 1. The van der Waals surface area contributed by atoms with Crippen LogP contribution < -0.4 is 0 Å². The minimum absolute atomic E-state index is 0.123. The molecule has 0 bridgehead atoms. The Morgan fingerprint density at radius 2 is 1.58 bits per heavy atom. The Balaban J connectivity index is 1.21. The Morgan fingerprint density at radius 3 is 2.33 bits per heavy atom. The van der Waals surface area contributed by atoms with Crippen molar-refractivity contribution in [1.29, 1.82) is 0 Å². The summed E-state index contributed by atoms with van der Waals surface area (Å²) in [5, 5.41) is 1.44. The second-order valence-corrected chi connectivity index (χ2v) is 18.9. The Morgan fingerprint density at radius 1 is 0.867 bits per heavy atom. The number of aromatic nitrogens is 1. The lowest BCUT2D eigenvalue weighted by atomic mass is 9.33. The van der Waals surface area contributed by atoms with Gasteiger partial charge in [-0.2, -0.15) is 0 Å². The molecule has 1 amide bonds. The topological polar surface area (TPSA) is 39.3 Å². The quantitative estimate of drug-likeness (QED) is 0.328. The first-order valence-electron chi connectivity index (χ1n) is 18.4. The minimum Gasteiger partial charge on any atom is -0.358 e. The number of benzene rings is 1. The Kier molecular flexibility index (Phi) is 6.40. The van der Waals surface area contributed by atoms with Gasteiger partial charge in [-0.1, -0.05) is 78.3 Å².